The SMILES string of the molecule is CCN(CC)CCCNc1nc(NC2CCN(C(=O)c3ccccc3NO)CC2)c2ccccc2n1. The number of nitrogens with one attached hydrogen (secondary N) is 3. The minimum atomic E-state index is -0.0747. The van der Waals surface area contributed by atoms with E-state index in [2.05, 4.69) is 34.9 Å². The Bertz CT molecular complexity index is 1140. The summed E-state index contributed by atoms with van der Waals surface area (Å²) < 4.78 is 0. The first kappa shape index (κ1) is 25.7. The number of amides is 1. The van der Waals surface area contributed by atoms with Crippen LogP contribution in [0.25, 0.3) is 10.9 Å². The van der Waals surface area contributed by atoms with Gasteiger partial charge in [-0.2, -0.15) is 4.98 Å². The number of nitrogens with zero attached hydrogens (tertiary/aromatic N) is 4. The zero-order valence-electron chi connectivity index (χ0n) is 21.2. The van der Waals surface area contributed by atoms with E-state index in [1.165, 1.54) is 0 Å². The number of rotatable bonds is 11. The smallest absolute Gasteiger partial charge is 0.256 e. The number of benzene rings is 2. The maximum absolute atomic E-state index is 13.0. The van der Waals surface area contributed by atoms with Crippen LogP contribution in [0.5, 0.6) is 0 Å². The normalized spacial score (nSPS) is 14.3. The maximum Gasteiger partial charge on any atom is 0.256 e. The lowest BCUT2D eigenvalue weighted by Gasteiger charge is -2.33. The molecule has 0 spiro atoms. The lowest BCUT2D eigenvalue weighted by molar-refractivity contribution is 0.0718. The standard InChI is InChI=1S/C27H37N7O2/c1-3-33(4-2)17-9-16-28-27-30-23-12-7-5-10-21(23)25(31-27)29-20-14-18-34(19-15-20)26(35)22-11-6-8-13-24(22)32-36/h5-8,10-13,20,32,36H,3-4,9,14-19H2,1-2H3,(H2,28,29,30,31). The van der Waals surface area contributed by atoms with Crippen molar-refractivity contribution in [3.05, 3.63) is 54.1 Å². The molecule has 36 heavy (non-hydrogen) atoms. The van der Waals surface area contributed by atoms with Gasteiger partial charge in [0.1, 0.15) is 5.82 Å². The number of carbonyl (C=O) groups excluding carboxylic acids is 1. The second-order valence-electron chi connectivity index (χ2n) is 9.09. The number of fused-ring (bicyclic) bond motifs is 1. The fourth-order valence-corrected chi connectivity index (χ4v) is 4.67. The molecule has 9 heteroatoms. The molecule has 1 aliphatic rings. The second-order valence-corrected chi connectivity index (χ2v) is 9.09. The van der Waals surface area contributed by atoms with E-state index >= 15 is 0 Å². The molecule has 2 aromatic carbocycles. The topological polar surface area (TPSA) is 106 Å². The molecule has 1 amide bonds. The molecule has 1 fully saturated rings. The average molecular weight is 492 g/mol. The summed E-state index contributed by atoms with van der Waals surface area (Å²) in [4.78, 5) is 26.8. The first-order valence-electron chi connectivity index (χ1n) is 12.9. The molecule has 2 heterocycles. The Balaban J connectivity index is 1.39. The van der Waals surface area contributed by atoms with Crippen LogP contribution in [0.2, 0.25) is 0 Å². The number of anilines is 3. The van der Waals surface area contributed by atoms with E-state index in [4.69, 9.17) is 9.97 Å². The minimum Gasteiger partial charge on any atom is -0.367 e. The van der Waals surface area contributed by atoms with Crippen molar-refractivity contribution >= 4 is 34.3 Å². The largest absolute Gasteiger partial charge is 0.367 e. The molecule has 0 saturated carbocycles. The second kappa shape index (κ2) is 12.5. The Kier molecular flexibility index (Phi) is 8.91. The number of hydrogen-bond acceptors (Lipinski definition) is 8. The molecule has 1 saturated heterocycles. The van der Waals surface area contributed by atoms with Crippen LogP contribution in [0, 0.1) is 0 Å². The van der Waals surface area contributed by atoms with Crippen LogP contribution >= 0.6 is 0 Å². The summed E-state index contributed by atoms with van der Waals surface area (Å²) >= 11 is 0. The third kappa shape index (κ3) is 6.22. The third-order valence-corrected chi connectivity index (χ3v) is 6.83. The van der Waals surface area contributed by atoms with Gasteiger partial charge in [-0.3, -0.25) is 15.5 Å². The van der Waals surface area contributed by atoms with Gasteiger partial charge >= 0.3 is 0 Å². The van der Waals surface area contributed by atoms with Crippen molar-refractivity contribution in [2.75, 3.05) is 55.4 Å². The van der Waals surface area contributed by atoms with Crippen LogP contribution in [0.1, 0.15) is 43.5 Å². The highest BCUT2D eigenvalue weighted by atomic mass is 16.5. The summed E-state index contributed by atoms with van der Waals surface area (Å²) in [6.45, 7) is 9.64. The zero-order valence-corrected chi connectivity index (χ0v) is 21.2. The van der Waals surface area contributed by atoms with Gasteiger partial charge in [-0.15, -0.1) is 0 Å². The fourth-order valence-electron chi connectivity index (χ4n) is 4.67. The first-order valence-corrected chi connectivity index (χ1v) is 12.9. The Hall–Kier alpha value is -3.43. The highest BCUT2D eigenvalue weighted by Crippen LogP contribution is 2.26. The molecule has 3 aromatic rings. The number of para-hydroxylation sites is 2. The predicted molar refractivity (Wildman–Crippen MR) is 145 cm³/mol. The van der Waals surface area contributed by atoms with Crippen LogP contribution in [0.3, 0.4) is 0 Å². The van der Waals surface area contributed by atoms with Crippen molar-refractivity contribution in [1.29, 1.82) is 0 Å². The predicted octanol–water partition coefficient (Wildman–Crippen LogP) is 4.29. The molecule has 1 aromatic heterocycles. The first-order chi connectivity index (χ1) is 17.6. The molecule has 0 aliphatic carbocycles. The molecule has 4 rings (SSSR count). The van der Waals surface area contributed by atoms with Crippen LogP contribution < -0.4 is 16.1 Å². The molecule has 192 valence electrons. The quantitative estimate of drug-likeness (QED) is 0.233. The van der Waals surface area contributed by atoms with E-state index in [0.717, 1.165) is 62.2 Å². The van der Waals surface area contributed by atoms with E-state index in [9.17, 15) is 10.0 Å². The Morgan fingerprint density at radius 1 is 1.06 bits per heavy atom. The number of hydrogen-bond donors (Lipinski definition) is 4. The molecular formula is C27H37N7O2. The van der Waals surface area contributed by atoms with Gasteiger partial charge < -0.3 is 20.4 Å². The number of carbonyl (C=O) groups is 1. The van der Waals surface area contributed by atoms with Crippen LogP contribution in [0.15, 0.2) is 48.5 Å². The van der Waals surface area contributed by atoms with Crippen molar-refractivity contribution in [3.8, 4) is 0 Å². The number of likely N-dealkylation sites (tertiary alicyclic amines) is 1. The molecule has 0 bridgehead atoms. The monoisotopic (exact) mass is 491 g/mol. The van der Waals surface area contributed by atoms with Gasteiger partial charge in [-0.1, -0.05) is 38.1 Å². The van der Waals surface area contributed by atoms with Crippen molar-refractivity contribution < 1.29 is 10.0 Å². The lowest BCUT2D eigenvalue weighted by Crippen LogP contribution is -2.42. The molecule has 1 aliphatic heterocycles. The highest BCUT2D eigenvalue weighted by molar-refractivity contribution is 5.99. The Labute approximate surface area is 212 Å². The van der Waals surface area contributed by atoms with Gasteiger partial charge in [0.05, 0.1) is 16.8 Å². The summed E-state index contributed by atoms with van der Waals surface area (Å²) in [5.41, 5.74) is 3.93. The van der Waals surface area contributed by atoms with E-state index in [-0.39, 0.29) is 11.9 Å². The van der Waals surface area contributed by atoms with Crippen molar-refractivity contribution in [3.63, 3.8) is 0 Å². The van der Waals surface area contributed by atoms with Crippen molar-refractivity contribution in [2.45, 2.75) is 39.2 Å². The molecular weight excluding hydrogens is 454 g/mol. The summed E-state index contributed by atoms with van der Waals surface area (Å²) in [5, 5.41) is 17.4. The van der Waals surface area contributed by atoms with Gasteiger partial charge in [-0.25, -0.2) is 4.98 Å². The Morgan fingerprint density at radius 2 is 1.78 bits per heavy atom. The summed E-state index contributed by atoms with van der Waals surface area (Å²) in [6, 6.07) is 15.3. The number of aromatic nitrogens is 2. The van der Waals surface area contributed by atoms with Gasteiger partial charge in [0.2, 0.25) is 5.95 Å². The average Bonchev–Trinajstić information content (AvgIpc) is 2.93. The van der Waals surface area contributed by atoms with Gasteiger partial charge in [0.15, 0.2) is 0 Å². The molecule has 9 nitrogen and oxygen atoms in total. The molecule has 0 radical (unpaired) electrons. The van der Waals surface area contributed by atoms with Crippen LogP contribution in [-0.4, -0.2) is 76.2 Å². The van der Waals surface area contributed by atoms with E-state index in [1.54, 1.807) is 24.3 Å². The summed E-state index contributed by atoms with van der Waals surface area (Å²) in [7, 11) is 0. The fraction of sp³-hybridized carbons (Fsp3) is 0.444. The maximum atomic E-state index is 13.0. The van der Waals surface area contributed by atoms with Gasteiger partial charge in [0, 0.05) is 31.1 Å². The van der Waals surface area contributed by atoms with E-state index < -0.39 is 0 Å². The molecule has 0 atom stereocenters. The molecule has 4 N–H and O–H groups in total. The molecule has 0 unspecified atom stereocenters. The van der Waals surface area contributed by atoms with Gasteiger partial charge in [-0.05, 0) is 63.2 Å². The van der Waals surface area contributed by atoms with Crippen molar-refractivity contribution in [2.24, 2.45) is 0 Å². The lowest BCUT2D eigenvalue weighted by atomic mass is 10.0. The summed E-state index contributed by atoms with van der Waals surface area (Å²) in [5.74, 6) is 1.39. The third-order valence-electron chi connectivity index (χ3n) is 6.83. The van der Waals surface area contributed by atoms with E-state index in [1.807, 2.05) is 29.2 Å². The Morgan fingerprint density at radius 3 is 2.53 bits per heavy atom. The summed E-state index contributed by atoms with van der Waals surface area (Å²) in [6.07, 6.45) is 2.65. The minimum absolute atomic E-state index is 0.0747. The van der Waals surface area contributed by atoms with E-state index in [0.29, 0.717) is 30.3 Å². The number of piperidine rings is 1. The highest BCUT2D eigenvalue weighted by Gasteiger charge is 2.25. The van der Waals surface area contributed by atoms with Crippen LogP contribution in [0.4, 0.5) is 17.5 Å². The van der Waals surface area contributed by atoms with Crippen molar-refractivity contribution in [1.82, 2.24) is 19.8 Å². The van der Waals surface area contributed by atoms with Gasteiger partial charge in [0.25, 0.3) is 5.91 Å². The zero-order chi connectivity index (χ0) is 25.3. The van der Waals surface area contributed by atoms with Crippen LogP contribution in [-0.2, 0) is 0 Å².